The Morgan fingerprint density at radius 3 is 2.32 bits per heavy atom. The predicted molar refractivity (Wildman–Crippen MR) is 143 cm³/mol. The topological polar surface area (TPSA) is 54.2 Å². The molecule has 0 saturated carbocycles. The van der Waals surface area contributed by atoms with Gasteiger partial charge in [-0.2, -0.15) is 4.98 Å². The fourth-order valence-electron chi connectivity index (χ4n) is 4.11. The average molecular weight is 485 g/mol. The second-order valence-electron chi connectivity index (χ2n) is 8.11. The van der Waals surface area contributed by atoms with Crippen LogP contribution in [0.5, 0.6) is 0 Å². The summed E-state index contributed by atoms with van der Waals surface area (Å²) in [6, 6.07) is 26.4. The molecule has 1 unspecified atom stereocenters. The van der Waals surface area contributed by atoms with Gasteiger partial charge in [0.15, 0.2) is 5.11 Å². The monoisotopic (exact) mass is 484 g/mol. The molecule has 1 atom stereocenters. The first-order valence-corrected chi connectivity index (χ1v) is 12.6. The van der Waals surface area contributed by atoms with Crippen LogP contribution in [0.3, 0.4) is 0 Å². The van der Waals surface area contributed by atoms with Gasteiger partial charge in [-0.15, -0.1) is 11.8 Å². The number of rotatable bonds is 5. The molecule has 0 bridgehead atoms. The molecule has 0 spiro atoms. The molecular weight excluding hydrogens is 460 g/mol. The van der Waals surface area contributed by atoms with Crippen LogP contribution in [0, 0.1) is 6.92 Å². The number of benzene rings is 3. The quantitative estimate of drug-likeness (QED) is 0.252. The number of hydrogen-bond donors (Lipinski definition) is 1. The van der Waals surface area contributed by atoms with E-state index < -0.39 is 0 Å². The Morgan fingerprint density at radius 1 is 0.941 bits per heavy atom. The summed E-state index contributed by atoms with van der Waals surface area (Å²) in [6.45, 7) is 4.13. The van der Waals surface area contributed by atoms with Crippen molar-refractivity contribution in [2.24, 2.45) is 0 Å². The lowest BCUT2D eigenvalue weighted by Crippen LogP contribution is -2.46. The van der Waals surface area contributed by atoms with Gasteiger partial charge < -0.3 is 9.84 Å². The molecule has 5 nitrogen and oxygen atoms in total. The number of thiocarbonyl (C=S) groups is 1. The van der Waals surface area contributed by atoms with E-state index in [0.29, 0.717) is 16.8 Å². The lowest BCUT2D eigenvalue weighted by Gasteiger charge is -2.37. The maximum Gasteiger partial charge on any atom is 0.258 e. The Morgan fingerprint density at radius 2 is 1.65 bits per heavy atom. The van der Waals surface area contributed by atoms with Crippen molar-refractivity contribution < 1.29 is 4.52 Å². The Hall–Kier alpha value is -3.42. The van der Waals surface area contributed by atoms with E-state index in [9.17, 15) is 0 Å². The summed E-state index contributed by atoms with van der Waals surface area (Å²) in [4.78, 5) is 8.01. The van der Waals surface area contributed by atoms with E-state index in [-0.39, 0.29) is 6.04 Å². The van der Waals surface area contributed by atoms with Crippen molar-refractivity contribution in [2.45, 2.75) is 24.8 Å². The lowest BCUT2D eigenvalue weighted by molar-refractivity contribution is 0.404. The fraction of sp³-hybridized carbons (Fsp3) is 0.148. The van der Waals surface area contributed by atoms with Gasteiger partial charge in [0, 0.05) is 21.8 Å². The normalized spacial score (nSPS) is 16.0. The number of anilines is 1. The highest BCUT2D eigenvalue weighted by Gasteiger charge is 2.34. The molecule has 4 aromatic rings. The van der Waals surface area contributed by atoms with Gasteiger partial charge in [-0.3, -0.25) is 4.90 Å². The molecule has 1 aliphatic rings. The molecule has 0 saturated heterocycles. The molecular formula is C27H24N4OS2. The minimum absolute atomic E-state index is 0.209. The largest absolute Gasteiger partial charge is 0.351 e. The van der Waals surface area contributed by atoms with Gasteiger partial charge in [0.2, 0.25) is 5.82 Å². The molecule has 0 fully saturated rings. The van der Waals surface area contributed by atoms with Crippen LogP contribution in [0.2, 0.25) is 0 Å². The van der Waals surface area contributed by atoms with Crippen LogP contribution in [-0.4, -0.2) is 21.5 Å². The van der Waals surface area contributed by atoms with Gasteiger partial charge in [-0.25, -0.2) is 0 Å². The summed E-state index contributed by atoms with van der Waals surface area (Å²) < 4.78 is 5.83. The van der Waals surface area contributed by atoms with Crippen LogP contribution >= 0.6 is 24.0 Å². The number of aromatic nitrogens is 2. The number of hydrogen-bond acceptors (Lipinski definition) is 5. The number of nitrogens with zero attached hydrogens (tertiary/aromatic N) is 3. The molecule has 3 aromatic carbocycles. The SMILES string of the molecule is CSc1ccc(N2C(=S)NC(c3ccc(C)cc3)C(c3nc(-c4ccccc4)no3)=C2C)cc1. The van der Waals surface area contributed by atoms with E-state index in [0.717, 1.165) is 28.1 Å². The standard InChI is InChI=1S/C27H24N4OS2/c1-17-9-11-19(12-10-17)24-23(26-29-25(30-32-26)20-7-5-4-6-8-20)18(2)31(27(33)28-24)21-13-15-22(34-3)16-14-21/h4-16,24H,1-3H3,(H,28,33). The number of thioether (sulfide) groups is 1. The van der Waals surface area contributed by atoms with Crippen molar-refractivity contribution in [3.8, 4) is 11.4 Å². The van der Waals surface area contributed by atoms with Gasteiger partial charge in [0.25, 0.3) is 5.89 Å². The van der Waals surface area contributed by atoms with Crippen molar-refractivity contribution in [1.29, 1.82) is 0 Å². The minimum atomic E-state index is -0.209. The van der Waals surface area contributed by atoms with Crippen LogP contribution in [0.15, 0.2) is 94.0 Å². The Bertz CT molecular complexity index is 1350. The van der Waals surface area contributed by atoms with E-state index in [4.69, 9.17) is 21.7 Å². The average Bonchev–Trinajstić information content (AvgIpc) is 3.35. The van der Waals surface area contributed by atoms with Crippen molar-refractivity contribution >= 4 is 40.4 Å². The third-order valence-electron chi connectivity index (χ3n) is 5.91. The van der Waals surface area contributed by atoms with Crippen molar-refractivity contribution in [1.82, 2.24) is 15.5 Å². The zero-order valence-corrected chi connectivity index (χ0v) is 20.8. The number of aryl methyl sites for hydroxylation is 1. The summed E-state index contributed by atoms with van der Waals surface area (Å²) >= 11 is 7.55. The molecule has 2 heterocycles. The van der Waals surface area contributed by atoms with Gasteiger partial charge in [-0.05, 0) is 62.2 Å². The van der Waals surface area contributed by atoms with E-state index in [1.165, 1.54) is 10.5 Å². The van der Waals surface area contributed by atoms with Crippen LogP contribution in [-0.2, 0) is 0 Å². The molecule has 34 heavy (non-hydrogen) atoms. The second-order valence-corrected chi connectivity index (χ2v) is 9.38. The maximum absolute atomic E-state index is 5.84. The first-order valence-electron chi connectivity index (χ1n) is 11.0. The Labute approximate surface area is 208 Å². The molecule has 7 heteroatoms. The van der Waals surface area contributed by atoms with Gasteiger partial charge in [0.05, 0.1) is 11.6 Å². The van der Waals surface area contributed by atoms with E-state index in [1.54, 1.807) is 11.8 Å². The van der Waals surface area contributed by atoms with Crippen molar-refractivity contribution in [2.75, 3.05) is 11.2 Å². The molecule has 1 aliphatic heterocycles. The highest BCUT2D eigenvalue weighted by atomic mass is 32.2. The fourth-order valence-corrected chi connectivity index (χ4v) is 4.88. The summed E-state index contributed by atoms with van der Waals surface area (Å²) in [5.74, 6) is 1.03. The zero-order chi connectivity index (χ0) is 23.7. The highest BCUT2D eigenvalue weighted by molar-refractivity contribution is 7.98. The van der Waals surface area contributed by atoms with Crippen molar-refractivity contribution in [3.05, 3.63) is 102 Å². The Kier molecular flexibility index (Phi) is 6.22. The number of allylic oxidation sites excluding steroid dienone is 1. The van der Waals surface area contributed by atoms with Gasteiger partial charge in [0.1, 0.15) is 0 Å². The summed E-state index contributed by atoms with van der Waals surface area (Å²) in [6.07, 6.45) is 2.07. The van der Waals surface area contributed by atoms with Gasteiger partial charge >= 0.3 is 0 Å². The predicted octanol–water partition coefficient (Wildman–Crippen LogP) is 6.63. The highest BCUT2D eigenvalue weighted by Crippen LogP contribution is 2.39. The summed E-state index contributed by atoms with van der Waals surface area (Å²) in [5, 5.41) is 8.43. The third kappa shape index (κ3) is 4.24. The van der Waals surface area contributed by atoms with Gasteiger partial charge in [-0.1, -0.05) is 65.3 Å². The van der Waals surface area contributed by atoms with Crippen LogP contribution in [0.1, 0.15) is 30.0 Å². The van der Waals surface area contributed by atoms with E-state index in [2.05, 4.69) is 79.1 Å². The summed E-state index contributed by atoms with van der Waals surface area (Å²) in [5.41, 5.74) is 6.03. The molecule has 0 radical (unpaired) electrons. The molecule has 170 valence electrons. The van der Waals surface area contributed by atoms with Crippen LogP contribution in [0.25, 0.3) is 17.0 Å². The van der Waals surface area contributed by atoms with Crippen LogP contribution in [0.4, 0.5) is 5.69 Å². The first kappa shape index (κ1) is 22.4. The maximum atomic E-state index is 5.84. The smallest absolute Gasteiger partial charge is 0.258 e. The molecule has 1 N–H and O–H groups in total. The molecule has 1 aromatic heterocycles. The first-order chi connectivity index (χ1) is 16.5. The summed E-state index contributed by atoms with van der Waals surface area (Å²) in [7, 11) is 0. The van der Waals surface area contributed by atoms with E-state index >= 15 is 0 Å². The minimum Gasteiger partial charge on any atom is -0.351 e. The zero-order valence-electron chi connectivity index (χ0n) is 19.1. The van der Waals surface area contributed by atoms with Crippen molar-refractivity contribution in [3.63, 3.8) is 0 Å². The third-order valence-corrected chi connectivity index (χ3v) is 6.96. The second kappa shape index (κ2) is 9.44. The molecule has 0 amide bonds. The van der Waals surface area contributed by atoms with E-state index in [1.807, 2.05) is 35.2 Å². The lowest BCUT2D eigenvalue weighted by atomic mass is 9.94. The molecule has 0 aliphatic carbocycles. The number of nitrogens with one attached hydrogen (secondary N) is 1. The molecule has 5 rings (SSSR count). The Balaban J connectivity index is 1.64. The van der Waals surface area contributed by atoms with Crippen LogP contribution < -0.4 is 10.2 Å².